The van der Waals surface area contributed by atoms with Gasteiger partial charge in [0.15, 0.2) is 35.4 Å². The SMILES string of the molecule is CC(C)(C)OC(=O)[C@@H](OC[C@H]1O[C@@H](n2cnc3c(N)nc(C#N)nc32)[C@H](O)[C@@H]1O)P(=O)(O)O.CC(C)(C)OC(=O)[C@H](OC[C@H]1O[C@@H](n2cnc3c(N)nc(C#N)nc32)[C@H](O)[C@@H]1O)P(=O)(O)O. The van der Waals surface area contributed by atoms with Crippen molar-refractivity contribution in [1.82, 2.24) is 39.0 Å². The summed E-state index contributed by atoms with van der Waals surface area (Å²) in [5, 5.41) is 59.8. The molecule has 2 aliphatic rings. The van der Waals surface area contributed by atoms with E-state index in [0.29, 0.717) is 0 Å². The second-order valence-corrected chi connectivity index (χ2v) is 19.7. The zero-order valence-corrected chi connectivity index (χ0v) is 37.3. The fraction of sp³-hybridized carbons (Fsp3) is 0.588. The first-order chi connectivity index (χ1) is 30.4. The van der Waals surface area contributed by atoms with Gasteiger partial charge >= 0.3 is 27.1 Å². The molecule has 360 valence electrons. The zero-order valence-electron chi connectivity index (χ0n) is 35.5. The van der Waals surface area contributed by atoms with Crippen molar-refractivity contribution in [2.24, 2.45) is 0 Å². The third-order valence-electron chi connectivity index (χ3n) is 8.98. The number of aromatic nitrogens is 8. The molecule has 30 nitrogen and oxygen atoms in total. The summed E-state index contributed by atoms with van der Waals surface area (Å²) in [7, 11) is -10.2. The predicted molar refractivity (Wildman–Crippen MR) is 216 cm³/mol. The van der Waals surface area contributed by atoms with Crippen molar-refractivity contribution in [1.29, 1.82) is 10.5 Å². The number of nitrogens with zero attached hydrogens (tertiary/aromatic N) is 10. The fourth-order valence-electron chi connectivity index (χ4n) is 6.22. The van der Waals surface area contributed by atoms with E-state index >= 15 is 0 Å². The largest absolute Gasteiger partial charge is 0.458 e. The molecule has 2 fully saturated rings. The lowest BCUT2D eigenvalue weighted by Gasteiger charge is -2.25. The van der Waals surface area contributed by atoms with E-state index in [2.05, 4.69) is 29.9 Å². The molecule has 2 saturated heterocycles. The van der Waals surface area contributed by atoms with Gasteiger partial charge in [-0.25, -0.2) is 19.6 Å². The zero-order chi connectivity index (χ0) is 49.4. The summed E-state index contributed by atoms with van der Waals surface area (Å²) in [5.74, 6) is -7.77. The molecular formula is C34H46N12O18P2. The van der Waals surface area contributed by atoms with Crippen LogP contribution in [0.3, 0.4) is 0 Å². The average Bonchev–Trinajstić information content (AvgIpc) is 3.94. The Morgan fingerprint density at radius 3 is 1.30 bits per heavy atom. The van der Waals surface area contributed by atoms with Crippen molar-refractivity contribution in [2.75, 3.05) is 24.7 Å². The number of hydrogen-bond donors (Lipinski definition) is 10. The molecule has 0 unspecified atom stereocenters. The highest BCUT2D eigenvalue weighted by Gasteiger charge is 2.49. The first kappa shape index (κ1) is 51.6. The number of carbonyl (C=O) groups excluding carboxylic acids is 2. The van der Waals surface area contributed by atoms with Gasteiger partial charge in [-0.15, -0.1) is 0 Å². The summed E-state index contributed by atoms with van der Waals surface area (Å²) in [6.07, 6.45) is -8.96. The van der Waals surface area contributed by atoms with Crippen molar-refractivity contribution >= 4 is 61.1 Å². The molecule has 6 heterocycles. The summed E-state index contributed by atoms with van der Waals surface area (Å²) >= 11 is 0. The summed E-state index contributed by atoms with van der Waals surface area (Å²) in [6, 6.07) is 3.47. The minimum Gasteiger partial charge on any atom is -0.458 e. The third-order valence-corrected chi connectivity index (χ3v) is 10.9. The molecule has 0 spiro atoms. The first-order valence-electron chi connectivity index (χ1n) is 19.1. The van der Waals surface area contributed by atoms with Gasteiger partial charge in [-0.2, -0.15) is 30.5 Å². The van der Waals surface area contributed by atoms with Crippen LogP contribution < -0.4 is 11.5 Å². The predicted octanol–water partition coefficient (Wildman–Crippen LogP) is -2.48. The number of imidazole rings is 2. The van der Waals surface area contributed by atoms with Crippen LogP contribution in [0.4, 0.5) is 11.6 Å². The van der Waals surface area contributed by atoms with Crippen LogP contribution in [0.25, 0.3) is 22.3 Å². The molecule has 32 heteroatoms. The van der Waals surface area contributed by atoms with Crippen LogP contribution in [-0.2, 0) is 47.1 Å². The lowest BCUT2D eigenvalue weighted by atomic mass is 10.1. The molecule has 0 aliphatic carbocycles. The topological polar surface area (TPSA) is 472 Å². The monoisotopic (exact) mass is 972 g/mol. The number of esters is 2. The number of nitrogen functional groups attached to an aromatic ring is 2. The Balaban J connectivity index is 0.000000247. The van der Waals surface area contributed by atoms with Crippen LogP contribution in [0.5, 0.6) is 0 Å². The highest BCUT2D eigenvalue weighted by atomic mass is 31.2. The lowest BCUT2D eigenvalue weighted by Crippen LogP contribution is -2.38. The summed E-state index contributed by atoms with van der Waals surface area (Å²) < 4.78 is 57.3. The van der Waals surface area contributed by atoms with Gasteiger partial charge in [0, 0.05) is 0 Å². The maximum Gasteiger partial charge on any atom is 0.365 e. The molecule has 0 aromatic carbocycles. The summed E-state index contributed by atoms with van der Waals surface area (Å²) in [4.78, 5) is 85.9. The Labute approximate surface area is 372 Å². The molecule has 12 N–H and O–H groups in total. The van der Waals surface area contributed by atoms with Crippen molar-refractivity contribution in [2.45, 2.75) is 114 Å². The number of nitrogens with two attached hydrogens (primary N) is 2. The number of ether oxygens (including phenoxy) is 6. The fourth-order valence-corrected chi connectivity index (χ4v) is 7.44. The Morgan fingerprint density at radius 1 is 0.682 bits per heavy atom. The van der Waals surface area contributed by atoms with Gasteiger partial charge in [-0.1, -0.05) is 0 Å². The van der Waals surface area contributed by atoms with Gasteiger partial charge in [-0.05, 0) is 41.5 Å². The Bertz CT molecular complexity index is 2450. The second kappa shape index (κ2) is 19.4. The maximum absolute atomic E-state index is 12.2. The molecule has 6 rings (SSSR count). The molecular weight excluding hydrogens is 926 g/mol. The van der Waals surface area contributed by atoms with Gasteiger partial charge in [0.25, 0.3) is 11.7 Å². The number of rotatable bonds is 12. The standard InChI is InChI=1S/2C17H23N6O9P/c2*1-17(2,3)32-15(26)16(33(27,28)29)30-5-7-10(24)11(25)14(31-7)23-6-20-9-12(19)21-8(4-18)22-13(9)23/h2*6-7,10-11,14,16,24-25H,5H2,1-3H3,(H2,19,21,22)(H2,27,28,29)/t7-,10-,11-,14-,16+;7-,10-,11-,14-,16-/m11/s1. The van der Waals surface area contributed by atoms with Gasteiger partial charge in [0.05, 0.1) is 25.9 Å². The van der Waals surface area contributed by atoms with Gasteiger partial charge in [-0.3, -0.25) is 18.3 Å². The van der Waals surface area contributed by atoms with E-state index in [1.165, 1.54) is 63.3 Å². The van der Waals surface area contributed by atoms with Crippen LogP contribution in [0.2, 0.25) is 0 Å². The smallest absolute Gasteiger partial charge is 0.365 e. The number of fused-ring (bicyclic) bond motifs is 2. The number of hydrogen-bond acceptors (Lipinski definition) is 24. The number of aliphatic hydroxyl groups is 4. The molecule has 0 radical (unpaired) electrons. The van der Waals surface area contributed by atoms with Crippen LogP contribution in [0, 0.1) is 22.7 Å². The van der Waals surface area contributed by atoms with Crippen LogP contribution in [-0.4, -0.2) is 164 Å². The summed E-state index contributed by atoms with van der Waals surface area (Å²) in [6.45, 7) is 7.72. The third kappa shape index (κ3) is 11.8. The lowest BCUT2D eigenvalue weighted by molar-refractivity contribution is -0.167. The van der Waals surface area contributed by atoms with Crippen LogP contribution in [0.1, 0.15) is 65.6 Å². The number of aliphatic hydroxyl groups excluding tert-OH is 4. The molecule has 10 atom stereocenters. The summed E-state index contributed by atoms with van der Waals surface area (Å²) in [5.41, 5.74) is 9.82. The van der Waals surface area contributed by atoms with Crippen molar-refractivity contribution in [3.63, 3.8) is 0 Å². The first-order valence-corrected chi connectivity index (χ1v) is 22.4. The Morgan fingerprint density at radius 2 is 1.02 bits per heavy atom. The number of nitriles is 2. The van der Waals surface area contributed by atoms with Crippen LogP contribution in [0.15, 0.2) is 12.7 Å². The van der Waals surface area contributed by atoms with Crippen molar-refractivity contribution in [3.8, 4) is 12.1 Å². The van der Waals surface area contributed by atoms with E-state index in [1.54, 1.807) is 12.1 Å². The van der Waals surface area contributed by atoms with E-state index in [1.807, 2.05) is 0 Å². The van der Waals surface area contributed by atoms with Gasteiger partial charge in [0.2, 0.25) is 11.6 Å². The normalized spacial score (nSPS) is 24.5. The number of anilines is 2. The van der Waals surface area contributed by atoms with E-state index in [-0.39, 0.29) is 45.6 Å². The molecule has 2 aliphatic heterocycles. The molecule has 4 aromatic rings. The van der Waals surface area contributed by atoms with Gasteiger partial charge in [0.1, 0.15) is 71.0 Å². The Kier molecular flexibility index (Phi) is 15.2. The van der Waals surface area contributed by atoms with Gasteiger partial charge < -0.3 is 79.9 Å². The molecule has 66 heavy (non-hydrogen) atoms. The Hall–Kier alpha value is -5.40. The maximum atomic E-state index is 12.2. The van der Waals surface area contributed by atoms with Crippen molar-refractivity contribution < 1.29 is 87.1 Å². The molecule has 0 amide bonds. The molecule has 0 bridgehead atoms. The highest BCUT2D eigenvalue weighted by Crippen LogP contribution is 2.45. The van der Waals surface area contributed by atoms with E-state index in [9.17, 15) is 58.7 Å². The molecule has 0 saturated carbocycles. The van der Waals surface area contributed by atoms with E-state index in [0.717, 1.165) is 0 Å². The second-order valence-electron chi connectivity index (χ2n) is 16.4. The average molecular weight is 973 g/mol. The van der Waals surface area contributed by atoms with Crippen molar-refractivity contribution in [3.05, 3.63) is 24.3 Å². The minimum atomic E-state index is -5.09. The number of carbonyl (C=O) groups is 2. The quantitative estimate of drug-likeness (QED) is 0.0519. The minimum absolute atomic E-state index is 0.0544. The van der Waals surface area contributed by atoms with E-state index < -0.39 is 112 Å². The van der Waals surface area contributed by atoms with Crippen LogP contribution >= 0.6 is 15.2 Å². The molecule has 4 aromatic heterocycles. The highest BCUT2D eigenvalue weighted by molar-refractivity contribution is 7.53. The van der Waals surface area contributed by atoms with E-state index in [4.69, 9.17) is 50.4 Å².